The van der Waals surface area contributed by atoms with Gasteiger partial charge in [0.25, 0.3) is 0 Å². The average molecular weight is 279 g/mol. The van der Waals surface area contributed by atoms with Gasteiger partial charge >= 0.3 is 0 Å². The van der Waals surface area contributed by atoms with E-state index in [0.29, 0.717) is 11.7 Å². The summed E-state index contributed by atoms with van der Waals surface area (Å²) in [6.45, 7) is 4.01. The molecule has 0 unspecified atom stereocenters. The van der Waals surface area contributed by atoms with E-state index in [-0.39, 0.29) is 0 Å². The summed E-state index contributed by atoms with van der Waals surface area (Å²) in [5.41, 5.74) is 7.69. The fraction of sp³-hybridized carbons (Fsp3) is 0.600. The van der Waals surface area contributed by atoms with Crippen molar-refractivity contribution < 1.29 is 9.47 Å². The summed E-state index contributed by atoms with van der Waals surface area (Å²) in [6, 6.07) is 6.49. The molecule has 0 radical (unpaired) electrons. The predicted octanol–water partition coefficient (Wildman–Crippen LogP) is 1.43. The van der Waals surface area contributed by atoms with E-state index >= 15 is 0 Å². The predicted molar refractivity (Wildman–Crippen MR) is 82.5 cm³/mol. The number of rotatable bonds is 6. The molecule has 1 fully saturated rings. The van der Waals surface area contributed by atoms with Crippen molar-refractivity contribution in [3.63, 3.8) is 0 Å². The van der Waals surface area contributed by atoms with Crippen molar-refractivity contribution in [3.8, 4) is 5.75 Å². The molecule has 2 N–H and O–H groups in total. The van der Waals surface area contributed by atoms with E-state index in [1.165, 1.54) is 6.42 Å². The van der Waals surface area contributed by atoms with Crippen molar-refractivity contribution in [1.82, 2.24) is 4.90 Å². The molecule has 1 aromatic rings. The first-order valence-corrected chi connectivity index (χ1v) is 7.03. The number of ether oxygens (including phenoxy) is 2. The SMILES string of the molecule is COCCN1CC[C@H](N(C)c2ccc(N)c(OC)c2)C1. The van der Waals surface area contributed by atoms with Crippen molar-refractivity contribution >= 4 is 11.4 Å². The van der Waals surface area contributed by atoms with Crippen LogP contribution in [0.4, 0.5) is 11.4 Å². The van der Waals surface area contributed by atoms with Gasteiger partial charge in [0.05, 0.1) is 19.4 Å². The third-order valence-electron chi connectivity index (χ3n) is 4.03. The molecule has 5 heteroatoms. The zero-order chi connectivity index (χ0) is 14.5. The molecule has 20 heavy (non-hydrogen) atoms. The van der Waals surface area contributed by atoms with E-state index in [2.05, 4.69) is 22.9 Å². The molecule has 1 saturated heterocycles. The summed E-state index contributed by atoms with van der Waals surface area (Å²) >= 11 is 0. The van der Waals surface area contributed by atoms with E-state index in [4.69, 9.17) is 15.2 Å². The minimum atomic E-state index is 0.528. The van der Waals surface area contributed by atoms with E-state index in [9.17, 15) is 0 Å². The molecule has 1 aliphatic heterocycles. The number of anilines is 2. The fourth-order valence-electron chi connectivity index (χ4n) is 2.68. The Hall–Kier alpha value is -1.46. The molecule has 0 spiro atoms. The number of hydrogen-bond donors (Lipinski definition) is 1. The molecule has 0 aliphatic carbocycles. The van der Waals surface area contributed by atoms with E-state index < -0.39 is 0 Å². The van der Waals surface area contributed by atoms with Crippen LogP contribution < -0.4 is 15.4 Å². The Labute approximate surface area is 121 Å². The Kier molecular flexibility index (Phi) is 5.09. The maximum Gasteiger partial charge on any atom is 0.143 e. The van der Waals surface area contributed by atoms with Crippen LogP contribution in [0, 0.1) is 0 Å². The maximum atomic E-state index is 5.86. The zero-order valence-electron chi connectivity index (χ0n) is 12.6. The van der Waals surface area contributed by atoms with Crippen molar-refractivity contribution in [2.75, 3.05) is 58.1 Å². The second-order valence-corrected chi connectivity index (χ2v) is 5.27. The highest BCUT2D eigenvalue weighted by Gasteiger charge is 2.25. The van der Waals surface area contributed by atoms with Crippen LogP contribution in [0.2, 0.25) is 0 Å². The quantitative estimate of drug-likeness (QED) is 0.798. The molecule has 5 nitrogen and oxygen atoms in total. The summed E-state index contributed by atoms with van der Waals surface area (Å²) in [4.78, 5) is 4.76. The topological polar surface area (TPSA) is 51.0 Å². The average Bonchev–Trinajstić information content (AvgIpc) is 2.93. The smallest absolute Gasteiger partial charge is 0.143 e. The van der Waals surface area contributed by atoms with E-state index in [0.717, 1.165) is 37.7 Å². The van der Waals surface area contributed by atoms with Gasteiger partial charge < -0.3 is 20.1 Å². The fourth-order valence-corrected chi connectivity index (χ4v) is 2.68. The van der Waals surface area contributed by atoms with Crippen LogP contribution in [0.3, 0.4) is 0 Å². The lowest BCUT2D eigenvalue weighted by Gasteiger charge is -2.27. The van der Waals surface area contributed by atoms with Gasteiger partial charge in [0.1, 0.15) is 5.75 Å². The van der Waals surface area contributed by atoms with E-state index in [1.54, 1.807) is 14.2 Å². The normalized spacial score (nSPS) is 19.2. The van der Waals surface area contributed by atoms with Crippen LogP contribution in [-0.2, 0) is 4.74 Å². The van der Waals surface area contributed by atoms with Crippen molar-refractivity contribution in [2.24, 2.45) is 0 Å². The number of benzene rings is 1. The second-order valence-electron chi connectivity index (χ2n) is 5.27. The van der Waals surface area contributed by atoms with Gasteiger partial charge in [-0.1, -0.05) is 0 Å². The molecule has 0 amide bonds. The molecule has 2 rings (SSSR count). The molecule has 1 atom stereocenters. The monoisotopic (exact) mass is 279 g/mol. The van der Waals surface area contributed by atoms with Gasteiger partial charge in [-0.25, -0.2) is 0 Å². The van der Waals surface area contributed by atoms with Crippen LogP contribution in [0.5, 0.6) is 5.75 Å². The number of hydrogen-bond acceptors (Lipinski definition) is 5. The lowest BCUT2D eigenvalue weighted by molar-refractivity contribution is 0.160. The van der Waals surface area contributed by atoms with Gasteiger partial charge in [-0.2, -0.15) is 0 Å². The van der Waals surface area contributed by atoms with Crippen molar-refractivity contribution in [2.45, 2.75) is 12.5 Å². The van der Waals surface area contributed by atoms with Gasteiger partial charge in [0.15, 0.2) is 0 Å². The number of methoxy groups -OCH3 is 2. The molecule has 0 aromatic heterocycles. The summed E-state index contributed by atoms with van der Waals surface area (Å²) in [7, 11) is 5.54. The maximum absolute atomic E-state index is 5.86. The summed E-state index contributed by atoms with van der Waals surface area (Å²) in [5, 5.41) is 0. The molecule has 1 aromatic carbocycles. The second kappa shape index (κ2) is 6.81. The first-order valence-electron chi connectivity index (χ1n) is 7.03. The molecule has 1 aliphatic rings. The molecule has 1 heterocycles. The lowest BCUT2D eigenvalue weighted by Crippen LogP contribution is -2.35. The van der Waals surface area contributed by atoms with Crippen LogP contribution >= 0.6 is 0 Å². The Morgan fingerprint density at radius 1 is 1.40 bits per heavy atom. The van der Waals surface area contributed by atoms with Gasteiger partial charge in [0, 0.05) is 51.6 Å². The Balaban J connectivity index is 1.99. The highest BCUT2D eigenvalue weighted by atomic mass is 16.5. The molecule has 0 bridgehead atoms. The van der Waals surface area contributed by atoms with Gasteiger partial charge in [-0.3, -0.25) is 4.90 Å². The van der Waals surface area contributed by atoms with Crippen LogP contribution in [0.15, 0.2) is 18.2 Å². The van der Waals surface area contributed by atoms with Crippen molar-refractivity contribution in [1.29, 1.82) is 0 Å². The summed E-state index contributed by atoms with van der Waals surface area (Å²) < 4.78 is 10.4. The van der Waals surface area contributed by atoms with Crippen LogP contribution in [0.25, 0.3) is 0 Å². The number of nitrogens with two attached hydrogens (primary N) is 1. The summed E-state index contributed by atoms with van der Waals surface area (Å²) in [5.74, 6) is 0.739. The highest BCUT2D eigenvalue weighted by molar-refractivity contribution is 5.62. The highest BCUT2D eigenvalue weighted by Crippen LogP contribution is 2.29. The standard InChI is InChI=1S/C15H25N3O2/c1-17(12-4-5-14(16)15(10-12)20-3)13-6-7-18(11-13)8-9-19-2/h4-5,10,13H,6-9,11,16H2,1-3H3/t13-/m0/s1. The number of likely N-dealkylation sites (N-methyl/N-ethyl adjacent to an activating group) is 1. The van der Waals surface area contributed by atoms with Gasteiger partial charge in [-0.15, -0.1) is 0 Å². The number of likely N-dealkylation sites (tertiary alicyclic amines) is 1. The molecular weight excluding hydrogens is 254 g/mol. The third kappa shape index (κ3) is 3.35. The number of nitrogen functional groups attached to an aromatic ring is 1. The minimum absolute atomic E-state index is 0.528. The summed E-state index contributed by atoms with van der Waals surface area (Å²) in [6.07, 6.45) is 1.17. The number of nitrogens with zero attached hydrogens (tertiary/aromatic N) is 2. The van der Waals surface area contributed by atoms with Crippen molar-refractivity contribution in [3.05, 3.63) is 18.2 Å². The Morgan fingerprint density at radius 2 is 2.20 bits per heavy atom. The van der Waals surface area contributed by atoms with Crippen LogP contribution in [-0.4, -0.2) is 58.5 Å². The first-order chi connectivity index (χ1) is 9.65. The van der Waals surface area contributed by atoms with Gasteiger partial charge in [-0.05, 0) is 18.6 Å². The van der Waals surface area contributed by atoms with Gasteiger partial charge in [0.2, 0.25) is 0 Å². The first kappa shape index (κ1) is 14.9. The Bertz CT molecular complexity index is 439. The molecular formula is C15H25N3O2. The largest absolute Gasteiger partial charge is 0.495 e. The molecule has 0 saturated carbocycles. The minimum Gasteiger partial charge on any atom is -0.495 e. The van der Waals surface area contributed by atoms with Crippen LogP contribution in [0.1, 0.15) is 6.42 Å². The lowest BCUT2D eigenvalue weighted by atomic mass is 10.2. The Morgan fingerprint density at radius 3 is 2.90 bits per heavy atom. The zero-order valence-corrected chi connectivity index (χ0v) is 12.6. The third-order valence-corrected chi connectivity index (χ3v) is 4.03. The van der Waals surface area contributed by atoms with E-state index in [1.807, 2.05) is 12.1 Å². The molecule has 112 valence electrons.